The molecular weight excluding hydrogens is 589 g/mol. The van der Waals surface area contributed by atoms with Crippen LogP contribution in [0.5, 0.6) is 0 Å². The van der Waals surface area contributed by atoms with Gasteiger partial charge in [0.1, 0.15) is 17.9 Å². The van der Waals surface area contributed by atoms with Crippen molar-refractivity contribution in [2.24, 2.45) is 39.8 Å². The van der Waals surface area contributed by atoms with Gasteiger partial charge in [0.15, 0.2) is 5.96 Å². The highest BCUT2D eigenvalue weighted by Crippen LogP contribution is 2.32. The number of nitrogens with zero attached hydrogens (tertiary/aromatic N) is 1. The molecule has 0 saturated heterocycles. The van der Waals surface area contributed by atoms with E-state index in [9.17, 15) is 32.7 Å². The number of primary amides is 1. The number of alkyl halides is 3. The average Bonchev–Trinajstić information content (AvgIpc) is 2.96. The largest absolute Gasteiger partial charge is 0.490 e. The number of aliphatic hydroxyl groups is 1. The number of benzene rings is 1. The Labute approximate surface area is 252 Å². The third kappa shape index (κ3) is 13.7. The molecule has 0 heterocycles. The van der Waals surface area contributed by atoms with Crippen molar-refractivity contribution in [3.8, 4) is 0 Å². The maximum atomic E-state index is 13.4. The number of amidine groups is 1. The van der Waals surface area contributed by atoms with Crippen LogP contribution in [0.4, 0.5) is 13.2 Å². The van der Waals surface area contributed by atoms with Crippen LogP contribution < -0.4 is 33.6 Å². The van der Waals surface area contributed by atoms with E-state index in [1.807, 2.05) is 12.1 Å². The van der Waals surface area contributed by atoms with Crippen LogP contribution in [0.2, 0.25) is 0 Å². The topological polar surface area (TPSA) is 273 Å². The molecule has 1 aromatic carbocycles. The summed E-state index contributed by atoms with van der Waals surface area (Å²) in [6, 6.07) is 4.94. The summed E-state index contributed by atoms with van der Waals surface area (Å²) in [6.45, 7) is -0.375. The number of hydrogen-bond acceptors (Lipinski definition) is 7. The van der Waals surface area contributed by atoms with E-state index in [0.29, 0.717) is 18.4 Å². The maximum Gasteiger partial charge on any atom is 0.490 e. The van der Waals surface area contributed by atoms with Crippen LogP contribution in [0.1, 0.15) is 56.1 Å². The first kappa shape index (κ1) is 37.6. The Hall–Kier alpha value is -4.41. The lowest BCUT2D eigenvalue weighted by Gasteiger charge is -2.31. The summed E-state index contributed by atoms with van der Waals surface area (Å²) in [5.74, 6) is -4.91. The number of guanidine groups is 1. The Kier molecular flexibility index (Phi) is 15.6. The van der Waals surface area contributed by atoms with Gasteiger partial charge in [-0.1, -0.05) is 43.5 Å². The molecule has 0 bridgehead atoms. The SMILES string of the molecule is N=C(N)c1ccc(CC(C(=O)N[C@@H](CO)C(=O)N[C@@H](CCCN=C(N)N)C(N)=O)C2CCCCC2)cc1.O=C(O)C(F)(F)F. The highest BCUT2D eigenvalue weighted by atomic mass is 19.4. The van der Waals surface area contributed by atoms with E-state index < -0.39 is 48.6 Å². The third-order valence-electron chi connectivity index (χ3n) is 6.94. The zero-order valence-corrected chi connectivity index (χ0v) is 24.1. The molecular formula is C27H41F3N8O6. The second-order valence-electron chi connectivity index (χ2n) is 10.3. The molecule has 3 amide bonds. The summed E-state index contributed by atoms with van der Waals surface area (Å²) in [5.41, 5.74) is 23.0. The molecule has 1 aliphatic carbocycles. The van der Waals surface area contributed by atoms with Crippen LogP contribution in [0, 0.1) is 17.2 Å². The summed E-state index contributed by atoms with van der Waals surface area (Å²) in [6.07, 6.45) is 0.946. The van der Waals surface area contributed by atoms with Gasteiger partial charge in [0.25, 0.3) is 0 Å². The van der Waals surface area contributed by atoms with E-state index in [1.165, 1.54) is 0 Å². The number of carbonyl (C=O) groups is 4. The second kappa shape index (κ2) is 18.3. The highest BCUT2D eigenvalue weighted by molar-refractivity contribution is 5.95. The molecule has 246 valence electrons. The molecule has 1 fully saturated rings. The third-order valence-corrected chi connectivity index (χ3v) is 6.94. The average molecular weight is 631 g/mol. The molecule has 3 atom stereocenters. The second-order valence-corrected chi connectivity index (χ2v) is 10.3. The van der Waals surface area contributed by atoms with Crippen LogP contribution in [-0.2, 0) is 25.6 Å². The van der Waals surface area contributed by atoms with E-state index >= 15 is 0 Å². The summed E-state index contributed by atoms with van der Waals surface area (Å²) in [7, 11) is 0. The van der Waals surface area contributed by atoms with Gasteiger partial charge in [-0.2, -0.15) is 13.2 Å². The van der Waals surface area contributed by atoms with E-state index in [2.05, 4.69) is 15.6 Å². The number of amides is 3. The minimum Gasteiger partial charge on any atom is -0.475 e. The summed E-state index contributed by atoms with van der Waals surface area (Å²) in [5, 5.41) is 29.7. The van der Waals surface area contributed by atoms with Crippen molar-refractivity contribution < 1.29 is 42.6 Å². The van der Waals surface area contributed by atoms with Gasteiger partial charge in [-0.05, 0) is 43.6 Å². The summed E-state index contributed by atoms with van der Waals surface area (Å²) < 4.78 is 31.7. The number of halogens is 3. The summed E-state index contributed by atoms with van der Waals surface area (Å²) in [4.78, 5) is 50.8. The lowest BCUT2D eigenvalue weighted by Crippen LogP contribution is -2.55. The number of carboxylic acid groups (broad SMARTS) is 1. The normalized spacial score (nSPS) is 15.4. The number of aliphatic imine (C=N–C) groups is 1. The van der Waals surface area contributed by atoms with Gasteiger partial charge < -0.3 is 43.8 Å². The van der Waals surface area contributed by atoms with Gasteiger partial charge in [-0.25, -0.2) is 4.79 Å². The Bertz CT molecular complexity index is 1150. The number of nitrogens with one attached hydrogen (secondary N) is 3. The van der Waals surface area contributed by atoms with Gasteiger partial charge in [-0.15, -0.1) is 0 Å². The molecule has 0 spiro atoms. The Morgan fingerprint density at radius 2 is 1.50 bits per heavy atom. The lowest BCUT2D eigenvalue weighted by atomic mass is 9.76. The minimum absolute atomic E-state index is 0.0320. The lowest BCUT2D eigenvalue weighted by molar-refractivity contribution is -0.192. The monoisotopic (exact) mass is 630 g/mol. The van der Waals surface area contributed by atoms with Crippen LogP contribution in [-0.4, -0.2) is 77.1 Å². The van der Waals surface area contributed by atoms with Crippen molar-refractivity contribution in [2.75, 3.05) is 13.2 Å². The summed E-state index contributed by atoms with van der Waals surface area (Å²) >= 11 is 0. The zero-order chi connectivity index (χ0) is 33.4. The smallest absolute Gasteiger partial charge is 0.475 e. The number of rotatable bonds is 14. The standard InChI is InChI=1S/C25H40N8O4.C2HF3O2/c26-21(27)17-10-8-15(9-11-17)13-18(16-5-2-1-3-6-16)23(36)33-20(14-34)24(37)32-19(22(28)35)7-4-12-31-25(29)30;3-2(4,5)1(6)7/h8-11,16,18-20,34H,1-7,12-14H2,(H3,26,27)(H2,28,35)(H,32,37)(H,33,36)(H4,29,30,31);(H,6,7)/t18?,19-,20-;/m0./s1. The van der Waals surface area contributed by atoms with Crippen molar-refractivity contribution in [2.45, 2.75) is 69.6 Å². The van der Waals surface area contributed by atoms with E-state index in [1.54, 1.807) is 12.1 Å². The first-order valence-electron chi connectivity index (χ1n) is 13.9. The first-order chi connectivity index (χ1) is 20.6. The molecule has 0 aliphatic heterocycles. The number of aliphatic hydroxyl groups excluding tert-OH is 1. The van der Waals surface area contributed by atoms with Gasteiger partial charge in [0.05, 0.1) is 6.61 Å². The van der Waals surface area contributed by atoms with Gasteiger partial charge in [-0.3, -0.25) is 24.8 Å². The first-order valence-corrected chi connectivity index (χ1v) is 13.9. The Morgan fingerprint density at radius 3 is 1.95 bits per heavy atom. The quantitative estimate of drug-likeness (QED) is 0.0749. The molecule has 14 nitrogen and oxygen atoms in total. The van der Waals surface area contributed by atoms with Crippen LogP contribution in [0.15, 0.2) is 29.3 Å². The molecule has 17 heteroatoms. The van der Waals surface area contributed by atoms with Crippen molar-refractivity contribution in [1.29, 1.82) is 5.41 Å². The zero-order valence-electron chi connectivity index (χ0n) is 24.1. The minimum atomic E-state index is -5.08. The number of nitrogens with two attached hydrogens (primary N) is 4. The molecule has 1 aliphatic rings. The Morgan fingerprint density at radius 1 is 0.955 bits per heavy atom. The number of carboxylic acids is 1. The van der Waals surface area contributed by atoms with Crippen molar-refractivity contribution in [3.05, 3.63) is 35.4 Å². The van der Waals surface area contributed by atoms with Gasteiger partial charge in [0, 0.05) is 18.0 Å². The predicted molar refractivity (Wildman–Crippen MR) is 155 cm³/mol. The molecule has 2 rings (SSSR count). The van der Waals surface area contributed by atoms with E-state index in [4.69, 9.17) is 38.2 Å². The fourth-order valence-corrected chi connectivity index (χ4v) is 4.62. The van der Waals surface area contributed by atoms with E-state index in [0.717, 1.165) is 37.7 Å². The highest BCUT2D eigenvalue weighted by Gasteiger charge is 2.38. The fourth-order valence-electron chi connectivity index (χ4n) is 4.62. The molecule has 1 unspecified atom stereocenters. The van der Waals surface area contributed by atoms with Crippen LogP contribution >= 0.6 is 0 Å². The van der Waals surface area contributed by atoms with Gasteiger partial charge in [0.2, 0.25) is 17.7 Å². The molecule has 13 N–H and O–H groups in total. The molecule has 0 aromatic heterocycles. The number of nitrogen functional groups attached to an aromatic ring is 1. The molecule has 1 saturated carbocycles. The van der Waals surface area contributed by atoms with E-state index in [-0.39, 0.29) is 36.6 Å². The van der Waals surface area contributed by atoms with Crippen LogP contribution in [0.3, 0.4) is 0 Å². The van der Waals surface area contributed by atoms with Gasteiger partial charge >= 0.3 is 12.1 Å². The number of carbonyl (C=O) groups excluding carboxylic acids is 3. The van der Waals surface area contributed by atoms with Crippen molar-refractivity contribution in [3.63, 3.8) is 0 Å². The molecule has 0 radical (unpaired) electrons. The van der Waals surface area contributed by atoms with Crippen LogP contribution in [0.25, 0.3) is 0 Å². The number of hydrogen-bond donors (Lipinski definition) is 9. The Balaban J connectivity index is 0.00000123. The van der Waals surface area contributed by atoms with Crippen molar-refractivity contribution >= 4 is 35.5 Å². The van der Waals surface area contributed by atoms with Crippen molar-refractivity contribution in [1.82, 2.24) is 10.6 Å². The fraction of sp³-hybridized carbons (Fsp3) is 0.556. The predicted octanol–water partition coefficient (Wildman–Crippen LogP) is -0.156. The molecule has 44 heavy (non-hydrogen) atoms. The molecule has 1 aromatic rings. The maximum absolute atomic E-state index is 13.4. The number of aliphatic carboxylic acids is 1.